The van der Waals surface area contributed by atoms with E-state index in [4.69, 9.17) is 15.2 Å². The highest BCUT2D eigenvalue weighted by Gasteiger charge is 2.02. The summed E-state index contributed by atoms with van der Waals surface area (Å²) < 4.78 is 10.6. The first-order chi connectivity index (χ1) is 6.24. The zero-order valence-corrected chi connectivity index (χ0v) is 9.21. The summed E-state index contributed by atoms with van der Waals surface area (Å²) in [6.45, 7) is 2.40. The van der Waals surface area contributed by atoms with Gasteiger partial charge in [0.1, 0.15) is 6.61 Å². The number of hydrogen-bond donors (Lipinski definition) is 1. The number of methoxy groups -OCH3 is 1. The summed E-state index contributed by atoms with van der Waals surface area (Å²) in [6.07, 6.45) is 0. The van der Waals surface area contributed by atoms with E-state index in [1.54, 1.807) is 7.11 Å². The summed E-state index contributed by atoms with van der Waals surface area (Å²) in [5.74, 6) is 1.48. The van der Waals surface area contributed by atoms with Gasteiger partial charge in [-0.3, -0.25) is 0 Å². The minimum absolute atomic E-state index is 0. The third kappa shape index (κ3) is 3.85. The molecule has 1 aromatic carbocycles. The number of rotatable bonds is 4. The molecule has 80 valence electrons. The second-order valence-corrected chi connectivity index (χ2v) is 2.94. The Labute approximate surface area is 90.6 Å². The van der Waals surface area contributed by atoms with Crippen molar-refractivity contribution < 1.29 is 9.47 Å². The lowest BCUT2D eigenvalue weighted by Gasteiger charge is -2.11. The largest absolute Gasteiger partial charge is 0.493 e. The van der Waals surface area contributed by atoms with E-state index < -0.39 is 0 Å². The maximum Gasteiger partial charge on any atom is 0.161 e. The van der Waals surface area contributed by atoms with Gasteiger partial charge in [-0.25, -0.2) is 0 Å². The summed E-state index contributed by atoms with van der Waals surface area (Å²) in [5, 5.41) is 0. The van der Waals surface area contributed by atoms with Gasteiger partial charge in [-0.2, -0.15) is 0 Å². The molecule has 0 saturated carbocycles. The predicted octanol–water partition coefficient (Wildman–Crippen LogP) is 1.84. The zero-order valence-electron chi connectivity index (χ0n) is 8.40. The zero-order chi connectivity index (χ0) is 9.68. The van der Waals surface area contributed by atoms with Crippen molar-refractivity contribution in [3.05, 3.63) is 24.3 Å². The molecule has 2 N–H and O–H groups in total. The first-order valence-corrected chi connectivity index (χ1v) is 4.25. The van der Waals surface area contributed by atoms with E-state index in [0.717, 1.165) is 11.5 Å². The van der Waals surface area contributed by atoms with Crippen molar-refractivity contribution in [1.29, 1.82) is 0 Å². The van der Waals surface area contributed by atoms with Gasteiger partial charge in [-0.1, -0.05) is 12.1 Å². The molecule has 0 heterocycles. The van der Waals surface area contributed by atoms with Crippen molar-refractivity contribution >= 4 is 12.4 Å². The van der Waals surface area contributed by atoms with Crippen molar-refractivity contribution in [3.63, 3.8) is 0 Å². The molecule has 0 aliphatic rings. The van der Waals surface area contributed by atoms with Crippen LogP contribution in [0.4, 0.5) is 0 Å². The first-order valence-electron chi connectivity index (χ1n) is 4.25. The molecule has 1 unspecified atom stereocenters. The summed E-state index contributed by atoms with van der Waals surface area (Å²) in [5.41, 5.74) is 5.57. The van der Waals surface area contributed by atoms with Crippen LogP contribution in [0, 0.1) is 0 Å². The molecule has 3 nitrogen and oxygen atoms in total. The summed E-state index contributed by atoms with van der Waals surface area (Å²) in [7, 11) is 1.62. The number of nitrogens with two attached hydrogens (primary N) is 1. The molecule has 0 radical (unpaired) electrons. The fraction of sp³-hybridized carbons (Fsp3) is 0.400. The molecular formula is C10H16ClNO2. The molecule has 1 atom stereocenters. The normalized spacial score (nSPS) is 11.4. The van der Waals surface area contributed by atoms with Crippen molar-refractivity contribution in [1.82, 2.24) is 0 Å². The Hall–Kier alpha value is -0.930. The lowest BCUT2D eigenvalue weighted by atomic mass is 10.3. The minimum atomic E-state index is 0. The highest BCUT2D eigenvalue weighted by atomic mass is 35.5. The average molecular weight is 218 g/mol. The standard InChI is InChI=1S/C10H15NO2.ClH/c1-8(11)7-13-10-6-4-3-5-9(10)12-2;/h3-6,8H,7,11H2,1-2H3;1H. The van der Waals surface area contributed by atoms with Gasteiger partial charge in [0, 0.05) is 6.04 Å². The molecule has 4 heteroatoms. The van der Waals surface area contributed by atoms with Gasteiger partial charge < -0.3 is 15.2 Å². The molecule has 0 saturated heterocycles. The summed E-state index contributed by atoms with van der Waals surface area (Å²) >= 11 is 0. The molecule has 0 aliphatic heterocycles. The quantitative estimate of drug-likeness (QED) is 0.837. The fourth-order valence-corrected chi connectivity index (χ4v) is 0.959. The lowest BCUT2D eigenvalue weighted by molar-refractivity contribution is 0.278. The van der Waals surface area contributed by atoms with Gasteiger partial charge in [0.15, 0.2) is 11.5 Å². The van der Waals surface area contributed by atoms with Crippen LogP contribution >= 0.6 is 12.4 Å². The molecule has 1 aromatic rings. The summed E-state index contributed by atoms with van der Waals surface area (Å²) in [6, 6.07) is 7.55. The Bertz CT molecular complexity index is 266. The van der Waals surface area contributed by atoms with E-state index in [-0.39, 0.29) is 18.4 Å². The topological polar surface area (TPSA) is 44.5 Å². The number of hydrogen-bond acceptors (Lipinski definition) is 3. The molecule has 0 spiro atoms. The molecule has 0 aromatic heterocycles. The van der Waals surface area contributed by atoms with Crippen LogP contribution in [0.1, 0.15) is 6.92 Å². The van der Waals surface area contributed by atoms with E-state index >= 15 is 0 Å². The molecule has 14 heavy (non-hydrogen) atoms. The molecule has 0 fully saturated rings. The van der Waals surface area contributed by atoms with Crippen LogP contribution in [0.5, 0.6) is 11.5 Å². The first kappa shape index (κ1) is 13.1. The van der Waals surface area contributed by atoms with Gasteiger partial charge in [-0.05, 0) is 19.1 Å². The van der Waals surface area contributed by atoms with Crippen molar-refractivity contribution in [2.45, 2.75) is 13.0 Å². The second kappa shape index (κ2) is 6.51. The molecule has 0 aliphatic carbocycles. The number of para-hydroxylation sites is 2. The third-order valence-corrected chi connectivity index (χ3v) is 1.57. The predicted molar refractivity (Wildman–Crippen MR) is 59.4 cm³/mol. The van der Waals surface area contributed by atoms with Crippen LogP contribution in [0.15, 0.2) is 24.3 Å². The Balaban J connectivity index is 0.00000169. The third-order valence-electron chi connectivity index (χ3n) is 1.57. The maximum atomic E-state index is 5.57. The average Bonchev–Trinajstić information content (AvgIpc) is 2.15. The van der Waals surface area contributed by atoms with E-state index in [9.17, 15) is 0 Å². The van der Waals surface area contributed by atoms with Crippen molar-refractivity contribution in [2.75, 3.05) is 13.7 Å². The number of ether oxygens (including phenoxy) is 2. The number of benzene rings is 1. The molecule has 0 bridgehead atoms. The van der Waals surface area contributed by atoms with Crippen LogP contribution in [0.25, 0.3) is 0 Å². The molecule has 1 rings (SSSR count). The van der Waals surface area contributed by atoms with E-state index in [1.165, 1.54) is 0 Å². The van der Waals surface area contributed by atoms with Crippen LogP contribution in [0.3, 0.4) is 0 Å². The summed E-state index contributed by atoms with van der Waals surface area (Å²) in [4.78, 5) is 0. The number of halogens is 1. The van der Waals surface area contributed by atoms with E-state index in [0.29, 0.717) is 6.61 Å². The van der Waals surface area contributed by atoms with Crippen LogP contribution in [-0.4, -0.2) is 19.8 Å². The van der Waals surface area contributed by atoms with Gasteiger partial charge >= 0.3 is 0 Å². The van der Waals surface area contributed by atoms with E-state index in [1.807, 2.05) is 31.2 Å². The maximum absolute atomic E-state index is 5.57. The van der Waals surface area contributed by atoms with E-state index in [2.05, 4.69) is 0 Å². The van der Waals surface area contributed by atoms with Gasteiger partial charge in [0.05, 0.1) is 7.11 Å². The smallest absolute Gasteiger partial charge is 0.161 e. The molecular weight excluding hydrogens is 202 g/mol. The van der Waals surface area contributed by atoms with Gasteiger partial charge in [0.2, 0.25) is 0 Å². The monoisotopic (exact) mass is 217 g/mol. The van der Waals surface area contributed by atoms with Crippen LogP contribution < -0.4 is 15.2 Å². The Morgan fingerprint density at radius 1 is 1.29 bits per heavy atom. The molecule has 0 amide bonds. The fourth-order valence-electron chi connectivity index (χ4n) is 0.959. The highest BCUT2D eigenvalue weighted by Crippen LogP contribution is 2.25. The van der Waals surface area contributed by atoms with Crippen molar-refractivity contribution in [3.8, 4) is 11.5 Å². The Morgan fingerprint density at radius 3 is 2.36 bits per heavy atom. The van der Waals surface area contributed by atoms with Crippen LogP contribution in [-0.2, 0) is 0 Å². The second-order valence-electron chi connectivity index (χ2n) is 2.94. The Kier molecular flexibility index (Phi) is 6.08. The minimum Gasteiger partial charge on any atom is -0.493 e. The highest BCUT2D eigenvalue weighted by molar-refractivity contribution is 5.85. The lowest BCUT2D eigenvalue weighted by Crippen LogP contribution is -2.23. The van der Waals surface area contributed by atoms with Gasteiger partial charge in [-0.15, -0.1) is 12.4 Å². The van der Waals surface area contributed by atoms with Crippen molar-refractivity contribution in [2.24, 2.45) is 5.73 Å². The Morgan fingerprint density at radius 2 is 1.86 bits per heavy atom. The van der Waals surface area contributed by atoms with Gasteiger partial charge in [0.25, 0.3) is 0 Å². The SMILES string of the molecule is COc1ccccc1OCC(C)N.Cl. The van der Waals surface area contributed by atoms with Crippen LogP contribution in [0.2, 0.25) is 0 Å².